The Hall–Kier alpha value is -0.160. The standard InChI is InChI=1S/C7H18N4/c1-2-3-4-5-11-7-9-8-6-10-11/h8-10H,2-7H2,1H3. The summed E-state index contributed by atoms with van der Waals surface area (Å²) in [6, 6.07) is 0. The smallest absolute Gasteiger partial charge is 0.0752 e. The molecule has 66 valence electrons. The molecule has 0 bridgehead atoms. The molecule has 0 unspecified atom stereocenters. The van der Waals surface area contributed by atoms with Crippen LogP contribution in [0.5, 0.6) is 0 Å². The van der Waals surface area contributed by atoms with Gasteiger partial charge in [-0.3, -0.25) is 0 Å². The van der Waals surface area contributed by atoms with Gasteiger partial charge < -0.3 is 0 Å². The van der Waals surface area contributed by atoms with Gasteiger partial charge in [0.2, 0.25) is 0 Å². The van der Waals surface area contributed by atoms with Crippen molar-refractivity contribution in [2.45, 2.75) is 26.2 Å². The fourth-order valence-corrected chi connectivity index (χ4v) is 1.13. The molecule has 0 aliphatic carbocycles. The van der Waals surface area contributed by atoms with Crippen molar-refractivity contribution in [3.63, 3.8) is 0 Å². The number of hydrogen-bond donors (Lipinski definition) is 3. The second-order valence-electron chi connectivity index (χ2n) is 2.82. The average molecular weight is 158 g/mol. The van der Waals surface area contributed by atoms with Crippen LogP contribution in [0.2, 0.25) is 0 Å². The molecule has 0 saturated carbocycles. The fraction of sp³-hybridized carbons (Fsp3) is 1.00. The normalized spacial score (nSPS) is 20.5. The third-order valence-electron chi connectivity index (χ3n) is 1.82. The molecule has 0 aromatic heterocycles. The lowest BCUT2D eigenvalue weighted by atomic mass is 10.2. The topological polar surface area (TPSA) is 39.3 Å². The van der Waals surface area contributed by atoms with Crippen LogP contribution in [-0.4, -0.2) is 24.9 Å². The molecule has 1 rings (SSSR count). The Bertz CT molecular complexity index is 90.4. The van der Waals surface area contributed by atoms with Crippen LogP contribution in [0.1, 0.15) is 26.2 Å². The van der Waals surface area contributed by atoms with Crippen LogP contribution in [0.3, 0.4) is 0 Å². The second kappa shape index (κ2) is 5.49. The minimum Gasteiger partial charge on any atom is -0.241 e. The molecule has 11 heavy (non-hydrogen) atoms. The predicted molar refractivity (Wildman–Crippen MR) is 45.4 cm³/mol. The van der Waals surface area contributed by atoms with E-state index in [1.807, 2.05) is 0 Å². The number of hydrazine groups is 2. The first kappa shape index (κ1) is 8.93. The Balaban J connectivity index is 1.96. The molecule has 4 nitrogen and oxygen atoms in total. The van der Waals surface area contributed by atoms with Gasteiger partial charge in [0, 0.05) is 6.54 Å². The zero-order valence-electron chi connectivity index (χ0n) is 7.19. The second-order valence-corrected chi connectivity index (χ2v) is 2.82. The van der Waals surface area contributed by atoms with Crippen LogP contribution in [-0.2, 0) is 0 Å². The lowest BCUT2D eigenvalue weighted by molar-refractivity contribution is 0.110. The molecule has 0 aromatic rings. The van der Waals surface area contributed by atoms with E-state index in [9.17, 15) is 0 Å². The highest BCUT2D eigenvalue weighted by Crippen LogP contribution is 1.95. The van der Waals surface area contributed by atoms with E-state index in [1.54, 1.807) is 0 Å². The number of unbranched alkanes of at least 4 members (excludes halogenated alkanes) is 2. The van der Waals surface area contributed by atoms with E-state index < -0.39 is 0 Å². The molecule has 0 amide bonds. The molecule has 1 saturated heterocycles. The Morgan fingerprint density at radius 3 is 2.82 bits per heavy atom. The van der Waals surface area contributed by atoms with Gasteiger partial charge in [-0.2, -0.15) is 0 Å². The Morgan fingerprint density at radius 1 is 1.27 bits per heavy atom. The largest absolute Gasteiger partial charge is 0.241 e. The van der Waals surface area contributed by atoms with E-state index >= 15 is 0 Å². The molecular formula is C7H18N4. The summed E-state index contributed by atoms with van der Waals surface area (Å²) in [4.78, 5) is 0. The molecule has 4 heteroatoms. The summed E-state index contributed by atoms with van der Waals surface area (Å²) in [6.07, 6.45) is 3.90. The third kappa shape index (κ3) is 3.67. The maximum Gasteiger partial charge on any atom is 0.0752 e. The first-order chi connectivity index (χ1) is 5.43. The van der Waals surface area contributed by atoms with Crippen molar-refractivity contribution in [2.75, 3.05) is 19.9 Å². The van der Waals surface area contributed by atoms with Crippen molar-refractivity contribution in [1.82, 2.24) is 21.3 Å². The minimum atomic E-state index is 0.826. The quantitative estimate of drug-likeness (QED) is 0.504. The van der Waals surface area contributed by atoms with Gasteiger partial charge in [0.15, 0.2) is 0 Å². The summed E-state index contributed by atoms with van der Waals surface area (Å²) in [5.41, 5.74) is 9.32. The van der Waals surface area contributed by atoms with Crippen LogP contribution in [0, 0.1) is 0 Å². The number of hydrogen-bond acceptors (Lipinski definition) is 4. The highest BCUT2D eigenvalue weighted by Gasteiger charge is 2.05. The van der Waals surface area contributed by atoms with Crippen LogP contribution < -0.4 is 16.3 Å². The van der Waals surface area contributed by atoms with Gasteiger partial charge in [0.05, 0.1) is 13.3 Å². The van der Waals surface area contributed by atoms with Gasteiger partial charge in [-0.15, -0.1) is 0 Å². The van der Waals surface area contributed by atoms with Gasteiger partial charge in [0.25, 0.3) is 0 Å². The third-order valence-corrected chi connectivity index (χ3v) is 1.82. The summed E-state index contributed by atoms with van der Waals surface area (Å²) in [5, 5.41) is 2.20. The number of nitrogens with one attached hydrogen (secondary N) is 3. The van der Waals surface area contributed by atoms with E-state index in [0.29, 0.717) is 0 Å². The van der Waals surface area contributed by atoms with Gasteiger partial charge >= 0.3 is 0 Å². The Labute approximate surface area is 68.3 Å². The summed E-state index contributed by atoms with van der Waals surface area (Å²) in [7, 11) is 0. The van der Waals surface area contributed by atoms with Crippen molar-refractivity contribution in [2.24, 2.45) is 0 Å². The van der Waals surface area contributed by atoms with Crippen LogP contribution >= 0.6 is 0 Å². The highest BCUT2D eigenvalue weighted by molar-refractivity contribution is 4.53. The van der Waals surface area contributed by atoms with Crippen molar-refractivity contribution in [3.05, 3.63) is 0 Å². The van der Waals surface area contributed by atoms with Crippen molar-refractivity contribution in [3.8, 4) is 0 Å². The monoisotopic (exact) mass is 158 g/mol. The molecule has 3 N–H and O–H groups in total. The summed E-state index contributed by atoms with van der Waals surface area (Å²) < 4.78 is 0. The molecule has 0 spiro atoms. The zero-order chi connectivity index (χ0) is 7.94. The van der Waals surface area contributed by atoms with Crippen LogP contribution in [0.15, 0.2) is 0 Å². The lowest BCUT2D eigenvalue weighted by Gasteiger charge is -2.28. The summed E-state index contributed by atoms with van der Waals surface area (Å²) in [6.45, 7) is 5.09. The fourth-order valence-electron chi connectivity index (χ4n) is 1.13. The Kier molecular flexibility index (Phi) is 4.45. The first-order valence-electron chi connectivity index (χ1n) is 4.37. The van der Waals surface area contributed by atoms with E-state index in [2.05, 4.69) is 28.2 Å². The zero-order valence-corrected chi connectivity index (χ0v) is 7.19. The van der Waals surface area contributed by atoms with Crippen molar-refractivity contribution >= 4 is 0 Å². The van der Waals surface area contributed by atoms with Gasteiger partial charge in [-0.25, -0.2) is 21.3 Å². The average Bonchev–Trinajstić information content (AvgIpc) is 2.07. The summed E-state index contributed by atoms with van der Waals surface area (Å²) >= 11 is 0. The molecule has 1 fully saturated rings. The molecular weight excluding hydrogens is 140 g/mol. The van der Waals surface area contributed by atoms with Gasteiger partial charge in [-0.1, -0.05) is 19.8 Å². The molecule has 0 aromatic carbocycles. The molecule has 1 aliphatic heterocycles. The van der Waals surface area contributed by atoms with Gasteiger partial charge in [-0.05, 0) is 6.42 Å². The molecule has 0 atom stereocenters. The SMILES string of the molecule is CCCCCN1CNNCN1. The van der Waals surface area contributed by atoms with Crippen LogP contribution in [0.4, 0.5) is 0 Å². The number of nitrogens with zero attached hydrogens (tertiary/aromatic N) is 1. The maximum absolute atomic E-state index is 3.24. The minimum absolute atomic E-state index is 0.826. The maximum atomic E-state index is 3.24. The van der Waals surface area contributed by atoms with E-state index in [0.717, 1.165) is 19.9 Å². The van der Waals surface area contributed by atoms with Crippen molar-refractivity contribution in [1.29, 1.82) is 0 Å². The van der Waals surface area contributed by atoms with Gasteiger partial charge in [0.1, 0.15) is 0 Å². The van der Waals surface area contributed by atoms with E-state index in [4.69, 9.17) is 0 Å². The molecule has 1 heterocycles. The lowest BCUT2D eigenvalue weighted by Crippen LogP contribution is -2.58. The van der Waals surface area contributed by atoms with E-state index in [1.165, 1.54) is 19.3 Å². The molecule has 1 aliphatic rings. The molecule has 0 radical (unpaired) electrons. The number of rotatable bonds is 4. The summed E-state index contributed by atoms with van der Waals surface area (Å²) in [5.74, 6) is 0. The van der Waals surface area contributed by atoms with Crippen molar-refractivity contribution < 1.29 is 0 Å². The van der Waals surface area contributed by atoms with E-state index in [-0.39, 0.29) is 0 Å². The Morgan fingerprint density at radius 2 is 2.18 bits per heavy atom. The van der Waals surface area contributed by atoms with Crippen LogP contribution in [0.25, 0.3) is 0 Å². The predicted octanol–water partition coefficient (Wildman–Crippen LogP) is 0.00600. The first-order valence-corrected chi connectivity index (χ1v) is 4.37. The highest BCUT2D eigenvalue weighted by atomic mass is 15.7.